The van der Waals surface area contributed by atoms with Gasteiger partial charge in [0.25, 0.3) is 0 Å². The molecule has 0 radical (unpaired) electrons. The van der Waals surface area contributed by atoms with E-state index >= 15 is 0 Å². The summed E-state index contributed by atoms with van der Waals surface area (Å²) in [5.74, 6) is -0.754. The van der Waals surface area contributed by atoms with Gasteiger partial charge >= 0.3 is 12.1 Å². The van der Waals surface area contributed by atoms with Gasteiger partial charge in [0.2, 0.25) is 10.0 Å². The highest BCUT2D eigenvalue weighted by atomic mass is 35.5. The van der Waals surface area contributed by atoms with Crippen molar-refractivity contribution in [1.82, 2.24) is 4.72 Å². The van der Waals surface area contributed by atoms with Gasteiger partial charge in [0.1, 0.15) is 4.90 Å². The number of methoxy groups -OCH3 is 1. The van der Waals surface area contributed by atoms with E-state index in [4.69, 9.17) is 11.6 Å². The van der Waals surface area contributed by atoms with Crippen LogP contribution < -0.4 is 4.72 Å². The molecule has 0 atom stereocenters. The van der Waals surface area contributed by atoms with Crippen LogP contribution in [0.1, 0.15) is 21.5 Å². The minimum absolute atomic E-state index is 0.0312. The second-order valence-corrected chi connectivity index (χ2v) is 7.30. The minimum Gasteiger partial charge on any atom is -0.465 e. The maximum atomic E-state index is 12.7. The van der Waals surface area contributed by atoms with Crippen molar-refractivity contribution in [2.75, 3.05) is 7.11 Å². The van der Waals surface area contributed by atoms with Gasteiger partial charge in [-0.15, -0.1) is 0 Å². The molecule has 0 amide bonds. The van der Waals surface area contributed by atoms with E-state index in [9.17, 15) is 26.4 Å². The van der Waals surface area contributed by atoms with Gasteiger partial charge in [-0.3, -0.25) is 0 Å². The highest BCUT2D eigenvalue weighted by molar-refractivity contribution is 7.89. The number of hydrogen-bond acceptors (Lipinski definition) is 4. The molecule has 0 fully saturated rings. The Morgan fingerprint density at radius 2 is 1.88 bits per heavy atom. The number of carbonyl (C=O) groups is 1. The van der Waals surface area contributed by atoms with E-state index in [0.717, 1.165) is 25.3 Å². The number of rotatable bonds is 5. The first-order valence-corrected chi connectivity index (χ1v) is 8.94. The summed E-state index contributed by atoms with van der Waals surface area (Å²) in [6.45, 7) is -0.384. The van der Waals surface area contributed by atoms with E-state index in [2.05, 4.69) is 9.46 Å². The molecule has 5 nitrogen and oxygen atoms in total. The molecule has 1 N–H and O–H groups in total. The quantitative estimate of drug-likeness (QED) is 0.768. The lowest BCUT2D eigenvalue weighted by Gasteiger charge is -2.11. The summed E-state index contributed by atoms with van der Waals surface area (Å²) >= 11 is 5.88. The number of ether oxygens (including phenoxy) is 1. The Labute approximate surface area is 152 Å². The van der Waals surface area contributed by atoms with E-state index in [1.54, 1.807) is 0 Å². The van der Waals surface area contributed by atoms with Gasteiger partial charge in [0.05, 0.1) is 23.3 Å². The van der Waals surface area contributed by atoms with Crippen LogP contribution in [0.3, 0.4) is 0 Å². The highest BCUT2D eigenvalue weighted by Gasteiger charge is 2.30. The van der Waals surface area contributed by atoms with E-state index in [0.29, 0.717) is 0 Å². The number of hydrogen-bond donors (Lipinski definition) is 1. The summed E-state index contributed by atoms with van der Waals surface area (Å²) in [4.78, 5) is 11.1. The Bertz CT molecular complexity index is 929. The molecule has 2 aromatic carbocycles. The minimum atomic E-state index is -4.53. The van der Waals surface area contributed by atoms with Gasteiger partial charge in [-0.2, -0.15) is 13.2 Å². The van der Waals surface area contributed by atoms with Crippen LogP contribution in [-0.2, 0) is 27.5 Å². The van der Waals surface area contributed by atoms with Gasteiger partial charge < -0.3 is 4.74 Å². The largest absolute Gasteiger partial charge is 0.465 e. The summed E-state index contributed by atoms with van der Waals surface area (Å²) in [5.41, 5.74) is -0.806. The van der Waals surface area contributed by atoms with Crippen LogP contribution in [0.25, 0.3) is 0 Å². The number of esters is 1. The van der Waals surface area contributed by atoms with Crippen molar-refractivity contribution < 1.29 is 31.1 Å². The molecule has 0 saturated heterocycles. The molecule has 2 rings (SSSR count). The smallest absolute Gasteiger partial charge is 0.416 e. The number of alkyl halides is 3. The van der Waals surface area contributed by atoms with Crippen LogP contribution in [-0.4, -0.2) is 21.5 Å². The monoisotopic (exact) mass is 407 g/mol. The fraction of sp³-hybridized carbons (Fsp3) is 0.188. The third-order valence-corrected chi connectivity index (χ3v) is 5.25. The first kappa shape index (κ1) is 20.2. The number of nitrogens with one attached hydrogen (secondary N) is 1. The molecular formula is C16H13ClF3NO4S. The molecule has 0 aliphatic heterocycles. The summed E-state index contributed by atoms with van der Waals surface area (Å²) in [6, 6.07) is 7.79. The first-order valence-electron chi connectivity index (χ1n) is 7.08. The second kappa shape index (κ2) is 7.65. The fourth-order valence-electron chi connectivity index (χ4n) is 2.07. The lowest BCUT2D eigenvalue weighted by molar-refractivity contribution is -0.137. The summed E-state index contributed by atoms with van der Waals surface area (Å²) in [7, 11) is -3.04. The van der Waals surface area contributed by atoms with Crippen molar-refractivity contribution in [2.24, 2.45) is 0 Å². The number of benzene rings is 2. The Hall–Kier alpha value is -2.10. The Morgan fingerprint density at radius 1 is 1.19 bits per heavy atom. The molecule has 2 aromatic rings. The SMILES string of the molecule is COC(=O)c1ccc(Cl)c(S(=O)(=O)NCc2cccc(C(F)(F)F)c2)c1. The molecular weight excluding hydrogens is 395 g/mol. The standard InChI is InChI=1S/C16H13ClF3NO4S/c1-25-15(22)11-5-6-13(17)14(8-11)26(23,24)21-9-10-3-2-4-12(7-10)16(18,19)20/h2-8,21H,9H2,1H3. The fourth-order valence-corrected chi connectivity index (χ4v) is 3.61. The van der Waals surface area contributed by atoms with E-state index < -0.39 is 27.7 Å². The maximum Gasteiger partial charge on any atom is 0.416 e. The highest BCUT2D eigenvalue weighted by Crippen LogP contribution is 2.29. The van der Waals surface area contributed by atoms with Crippen molar-refractivity contribution in [3.05, 3.63) is 64.2 Å². The van der Waals surface area contributed by atoms with Gasteiger partial charge in [-0.1, -0.05) is 29.8 Å². The summed E-state index contributed by atoms with van der Waals surface area (Å²) in [5, 5.41) is -0.144. The first-order chi connectivity index (χ1) is 12.0. The molecule has 26 heavy (non-hydrogen) atoms. The number of sulfonamides is 1. The molecule has 0 unspecified atom stereocenters. The average molecular weight is 408 g/mol. The predicted molar refractivity (Wildman–Crippen MR) is 88.3 cm³/mol. The Morgan fingerprint density at radius 3 is 2.50 bits per heavy atom. The molecule has 0 heterocycles. The van der Waals surface area contributed by atoms with E-state index in [1.165, 1.54) is 24.3 Å². The topological polar surface area (TPSA) is 72.5 Å². The maximum absolute atomic E-state index is 12.7. The molecule has 0 aliphatic carbocycles. The lowest BCUT2D eigenvalue weighted by atomic mass is 10.1. The van der Waals surface area contributed by atoms with Crippen LogP contribution in [0.5, 0.6) is 0 Å². The van der Waals surface area contributed by atoms with Gasteiger partial charge in [0.15, 0.2) is 0 Å². The van der Waals surface area contributed by atoms with Gasteiger partial charge in [0, 0.05) is 6.54 Å². The molecule has 0 aliphatic rings. The molecule has 0 aromatic heterocycles. The average Bonchev–Trinajstić information content (AvgIpc) is 2.59. The van der Waals surface area contributed by atoms with Crippen molar-refractivity contribution in [2.45, 2.75) is 17.6 Å². The van der Waals surface area contributed by atoms with Crippen LogP contribution in [0.15, 0.2) is 47.4 Å². The molecule has 0 bridgehead atoms. The van der Waals surface area contributed by atoms with Crippen molar-refractivity contribution in [3.63, 3.8) is 0 Å². The summed E-state index contributed by atoms with van der Waals surface area (Å²) in [6.07, 6.45) is -4.53. The van der Waals surface area contributed by atoms with Gasteiger partial charge in [-0.25, -0.2) is 17.9 Å². The third kappa shape index (κ3) is 4.75. The normalized spacial score (nSPS) is 12.0. The van der Waals surface area contributed by atoms with Gasteiger partial charge in [-0.05, 0) is 29.8 Å². The Kier molecular flexibility index (Phi) is 5.94. The lowest BCUT2D eigenvalue weighted by Crippen LogP contribution is -2.24. The van der Waals surface area contributed by atoms with E-state index in [1.807, 2.05) is 0 Å². The number of carbonyl (C=O) groups excluding carboxylic acids is 1. The van der Waals surface area contributed by atoms with Crippen LogP contribution in [0, 0.1) is 0 Å². The summed E-state index contributed by atoms with van der Waals surface area (Å²) < 4.78 is 69.6. The van der Waals surface area contributed by atoms with Crippen molar-refractivity contribution >= 4 is 27.6 Å². The molecule has 140 valence electrons. The van der Waals surface area contributed by atoms with Crippen molar-refractivity contribution in [1.29, 1.82) is 0 Å². The molecule has 0 saturated carbocycles. The van der Waals surface area contributed by atoms with Crippen LogP contribution >= 0.6 is 11.6 Å². The second-order valence-electron chi connectivity index (χ2n) is 5.16. The molecule has 0 spiro atoms. The van der Waals surface area contributed by atoms with E-state index in [-0.39, 0.29) is 27.6 Å². The van der Waals surface area contributed by atoms with Crippen LogP contribution in [0.4, 0.5) is 13.2 Å². The predicted octanol–water partition coefficient (Wildman–Crippen LogP) is 3.62. The third-order valence-electron chi connectivity index (χ3n) is 3.36. The van der Waals surface area contributed by atoms with Crippen molar-refractivity contribution in [3.8, 4) is 0 Å². The van der Waals surface area contributed by atoms with Crippen LogP contribution in [0.2, 0.25) is 5.02 Å². The Balaban J connectivity index is 2.26. The number of halogens is 4. The zero-order valence-electron chi connectivity index (χ0n) is 13.3. The zero-order chi connectivity index (χ0) is 19.5. The molecule has 10 heteroatoms. The zero-order valence-corrected chi connectivity index (χ0v) is 14.9.